The van der Waals surface area contributed by atoms with Gasteiger partial charge in [-0.3, -0.25) is 4.68 Å². The van der Waals surface area contributed by atoms with Crippen molar-refractivity contribution < 1.29 is 4.74 Å². The molecule has 1 heterocycles. The SMILES string of the molecule is C=CCOc1ccccc1CN=C(NCC)NCc1ncnn1C.I. The van der Waals surface area contributed by atoms with E-state index in [9.17, 15) is 0 Å². The van der Waals surface area contributed by atoms with Gasteiger partial charge in [-0.05, 0) is 13.0 Å². The minimum Gasteiger partial charge on any atom is -0.489 e. The van der Waals surface area contributed by atoms with Crippen LogP contribution in [0.15, 0.2) is 48.2 Å². The molecule has 0 aliphatic heterocycles. The van der Waals surface area contributed by atoms with Crippen molar-refractivity contribution in [2.75, 3.05) is 13.2 Å². The summed E-state index contributed by atoms with van der Waals surface area (Å²) in [6, 6.07) is 7.87. The van der Waals surface area contributed by atoms with Crippen LogP contribution in [0.3, 0.4) is 0 Å². The number of benzene rings is 1. The molecule has 2 N–H and O–H groups in total. The first kappa shape index (κ1) is 20.9. The number of halogens is 1. The van der Waals surface area contributed by atoms with E-state index in [1.165, 1.54) is 6.33 Å². The van der Waals surface area contributed by atoms with E-state index in [0.29, 0.717) is 19.7 Å². The predicted octanol–water partition coefficient (Wildman–Crippen LogP) is 2.25. The lowest BCUT2D eigenvalue weighted by Crippen LogP contribution is -2.37. The van der Waals surface area contributed by atoms with Gasteiger partial charge in [0.25, 0.3) is 0 Å². The van der Waals surface area contributed by atoms with Gasteiger partial charge in [-0.15, -0.1) is 24.0 Å². The van der Waals surface area contributed by atoms with E-state index in [1.54, 1.807) is 10.8 Å². The van der Waals surface area contributed by atoms with Crippen LogP contribution in [-0.2, 0) is 20.1 Å². The Morgan fingerprint density at radius 2 is 2.16 bits per heavy atom. The third-order valence-corrected chi connectivity index (χ3v) is 3.30. The summed E-state index contributed by atoms with van der Waals surface area (Å²) in [4.78, 5) is 8.80. The maximum atomic E-state index is 5.66. The molecule has 136 valence electrons. The molecular formula is C17H25IN6O. The average molecular weight is 456 g/mol. The van der Waals surface area contributed by atoms with E-state index >= 15 is 0 Å². The first-order valence-electron chi connectivity index (χ1n) is 7.91. The molecule has 1 aromatic heterocycles. The number of hydrogen-bond donors (Lipinski definition) is 2. The van der Waals surface area contributed by atoms with E-state index in [1.807, 2.05) is 38.2 Å². The summed E-state index contributed by atoms with van der Waals surface area (Å²) in [5.41, 5.74) is 1.02. The number of guanidine groups is 1. The Bertz CT molecular complexity index is 685. The van der Waals surface area contributed by atoms with Crippen molar-refractivity contribution >= 4 is 29.9 Å². The summed E-state index contributed by atoms with van der Waals surface area (Å²) in [5.74, 6) is 2.39. The molecule has 2 rings (SSSR count). The van der Waals surface area contributed by atoms with Crippen molar-refractivity contribution in [3.8, 4) is 5.75 Å². The Kier molecular flexibility index (Phi) is 9.60. The molecule has 0 unspecified atom stereocenters. The minimum absolute atomic E-state index is 0. The van der Waals surface area contributed by atoms with E-state index in [4.69, 9.17) is 4.74 Å². The molecule has 0 atom stereocenters. The number of para-hydroxylation sites is 1. The first-order valence-corrected chi connectivity index (χ1v) is 7.91. The molecule has 7 nitrogen and oxygen atoms in total. The smallest absolute Gasteiger partial charge is 0.191 e. The molecule has 0 saturated carbocycles. The van der Waals surface area contributed by atoms with Crippen LogP contribution in [0.2, 0.25) is 0 Å². The number of ether oxygens (including phenoxy) is 1. The summed E-state index contributed by atoms with van der Waals surface area (Å²) in [6.07, 6.45) is 3.26. The van der Waals surface area contributed by atoms with E-state index in [2.05, 4.69) is 32.3 Å². The number of rotatable bonds is 8. The Morgan fingerprint density at radius 1 is 1.36 bits per heavy atom. The highest BCUT2D eigenvalue weighted by Gasteiger charge is 2.05. The van der Waals surface area contributed by atoms with Gasteiger partial charge in [0.15, 0.2) is 5.96 Å². The van der Waals surface area contributed by atoms with E-state index < -0.39 is 0 Å². The lowest BCUT2D eigenvalue weighted by Gasteiger charge is -2.12. The Hall–Kier alpha value is -2.10. The highest BCUT2D eigenvalue weighted by atomic mass is 127. The molecule has 1 aromatic carbocycles. The van der Waals surface area contributed by atoms with Crippen LogP contribution >= 0.6 is 24.0 Å². The molecule has 25 heavy (non-hydrogen) atoms. The highest BCUT2D eigenvalue weighted by Crippen LogP contribution is 2.18. The topological polar surface area (TPSA) is 76.4 Å². The summed E-state index contributed by atoms with van der Waals surface area (Å²) in [7, 11) is 1.86. The van der Waals surface area contributed by atoms with Gasteiger partial charge >= 0.3 is 0 Å². The number of aromatic nitrogens is 3. The van der Waals surface area contributed by atoms with Gasteiger partial charge in [0.1, 0.15) is 24.5 Å². The van der Waals surface area contributed by atoms with Crippen molar-refractivity contribution in [3.05, 3.63) is 54.6 Å². The van der Waals surface area contributed by atoms with Gasteiger partial charge in [0.2, 0.25) is 0 Å². The van der Waals surface area contributed by atoms with Crippen LogP contribution in [0.5, 0.6) is 5.75 Å². The number of nitrogens with one attached hydrogen (secondary N) is 2. The zero-order valence-electron chi connectivity index (χ0n) is 14.6. The Morgan fingerprint density at radius 3 is 2.84 bits per heavy atom. The fourth-order valence-electron chi connectivity index (χ4n) is 2.07. The third-order valence-electron chi connectivity index (χ3n) is 3.30. The van der Waals surface area contributed by atoms with Gasteiger partial charge < -0.3 is 15.4 Å². The van der Waals surface area contributed by atoms with Crippen molar-refractivity contribution in [1.82, 2.24) is 25.4 Å². The molecule has 8 heteroatoms. The highest BCUT2D eigenvalue weighted by molar-refractivity contribution is 14.0. The monoisotopic (exact) mass is 456 g/mol. The Labute approximate surface area is 165 Å². The van der Waals surface area contributed by atoms with Gasteiger partial charge in [-0.2, -0.15) is 5.10 Å². The van der Waals surface area contributed by atoms with Gasteiger partial charge in [-0.25, -0.2) is 9.98 Å². The van der Waals surface area contributed by atoms with Crippen molar-refractivity contribution in [3.63, 3.8) is 0 Å². The fraction of sp³-hybridized carbons (Fsp3) is 0.353. The molecule has 0 spiro atoms. The number of hydrogen-bond acceptors (Lipinski definition) is 4. The largest absolute Gasteiger partial charge is 0.489 e. The maximum Gasteiger partial charge on any atom is 0.191 e. The van der Waals surface area contributed by atoms with Crippen molar-refractivity contribution in [2.45, 2.75) is 20.0 Å². The number of nitrogens with zero attached hydrogens (tertiary/aromatic N) is 4. The fourth-order valence-corrected chi connectivity index (χ4v) is 2.07. The first-order chi connectivity index (χ1) is 11.7. The molecule has 0 saturated heterocycles. The van der Waals surface area contributed by atoms with E-state index in [0.717, 1.165) is 29.6 Å². The minimum atomic E-state index is 0. The summed E-state index contributed by atoms with van der Waals surface area (Å²) < 4.78 is 7.39. The quantitative estimate of drug-likeness (QED) is 0.276. The van der Waals surface area contributed by atoms with Crippen molar-refractivity contribution in [2.24, 2.45) is 12.0 Å². The van der Waals surface area contributed by atoms with Gasteiger partial charge in [0, 0.05) is 19.2 Å². The molecular weight excluding hydrogens is 431 g/mol. The second-order valence-corrected chi connectivity index (χ2v) is 5.06. The molecule has 0 fully saturated rings. The average Bonchev–Trinajstić information content (AvgIpc) is 3.01. The zero-order chi connectivity index (χ0) is 17.2. The molecule has 0 bridgehead atoms. The lowest BCUT2D eigenvalue weighted by atomic mass is 10.2. The van der Waals surface area contributed by atoms with Crippen molar-refractivity contribution in [1.29, 1.82) is 0 Å². The van der Waals surface area contributed by atoms with Crippen LogP contribution in [0.1, 0.15) is 18.3 Å². The van der Waals surface area contributed by atoms with Crippen LogP contribution in [0, 0.1) is 0 Å². The van der Waals surface area contributed by atoms with Gasteiger partial charge in [0.05, 0.1) is 13.1 Å². The molecule has 0 amide bonds. The second-order valence-electron chi connectivity index (χ2n) is 5.06. The number of aryl methyl sites for hydroxylation is 1. The zero-order valence-corrected chi connectivity index (χ0v) is 16.9. The second kappa shape index (κ2) is 11.5. The van der Waals surface area contributed by atoms with Crippen LogP contribution in [-0.4, -0.2) is 33.9 Å². The summed E-state index contributed by atoms with van der Waals surface area (Å²) >= 11 is 0. The molecule has 0 aliphatic carbocycles. The number of aliphatic imine (C=N–C) groups is 1. The third kappa shape index (κ3) is 6.73. The molecule has 0 radical (unpaired) electrons. The van der Waals surface area contributed by atoms with Crippen LogP contribution < -0.4 is 15.4 Å². The van der Waals surface area contributed by atoms with Gasteiger partial charge in [-0.1, -0.05) is 30.9 Å². The Balaban J connectivity index is 0.00000312. The van der Waals surface area contributed by atoms with Crippen LogP contribution in [0.4, 0.5) is 0 Å². The summed E-state index contributed by atoms with van der Waals surface area (Å²) in [5, 5.41) is 10.5. The predicted molar refractivity (Wildman–Crippen MR) is 110 cm³/mol. The lowest BCUT2D eigenvalue weighted by molar-refractivity contribution is 0.359. The maximum absolute atomic E-state index is 5.66. The standard InChI is InChI=1S/C17H24N6O.HI/c1-4-10-24-15-9-7-6-8-14(15)11-19-17(18-5-2)20-12-16-21-13-22-23(16)3;/h4,6-9,13H,1,5,10-12H2,2-3H3,(H2,18,19,20);1H. The van der Waals surface area contributed by atoms with E-state index in [-0.39, 0.29) is 24.0 Å². The molecule has 2 aromatic rings. The van der Waals surface area contributed by atoms with Crippen LogP contribution in [0.25, 0.3) is 0 Å². The normalized spacial score (nSPS) is 10.7. The molecule has 0 aliphatic rings. The summed E-state index contributed by atoms with van der Waals surface area (Å²) in [6.45, 7) is 8.02.